The average molecular weight is 287 g/mol. The molecular formula is C17H25N3O. The lowest BCUT2D eigenvalue weighted by molar-refractivity contribution is -0.131. The van der Waals surface area contributed by atoms with Crippen LogP contribution in [0.5, 0.6) is 0 Å². The molecule has 1 aliphatic carbocycles. The van der Waals surface area contributed by atoms with Gasteiger partial charge in [0.05, 0.1) is 6.54 Å². The van der Waals surface area contributed by atoms with Crippen molar-refractivity contribution in [3.63, 3.8) is 0 Å². The molecule has 1 heterocycles. The maximum absolute atomic E-state index is 12.3. The maximum atomic E-state index is 12.3. The first kappa shape index (κ1) is 14.5. The summed E-state index contributed by atoms with van der Waals surface area (Å²) < 4.78 is 0. The molecule has 1 aliphatic heterocycles. The maximum Gasteiger partial charge on any atom is 0.236 e. The lowest BCUT2D eigenvalue weighted by atomic mass is 9.89. The van der Waals surface area contributed by atoms with Crippen LogP contribution in [-0.4, -0.2) is 55.0 Å². The van der Waals surface area contributed by atoms with Crippen LogP contribution in [0.25, 0.3) is 0 Å². The lowest BCUT2D eigenvalue weighted by Gasteiger charge is -2.21. The molecule has 4 nitrogen and oxygen atoms in total. The highest BCUT2D eigenvalue weighted by Crippen LogP contribution is 2.32. The number of nitrogens with two attached hydrogens (primary N) is 1. The second kappa shape index (κ2) is 6.16. The molecule has 0 radical (unpaired) electrons. The summed E-state index contributed by atoms with van der Waals surface area (Å²) in [6.07, 6.45) is 2.33. The molecule has 3 rings (SSSR count). The number of hydrogen-bond donors (Lipinski definition) is 1. The quantitative estimate of drug-likeness (QED) is 0.887. The van der Waals surface area contributed by atoms with Crippen LogP contribution in [0.2, 0.25) is 0 Å². The van der Waals surface area contributed by atoms with Crippen molar-refractivity contribution in [3.05, 3.63) is 35.9 Å². The van der Waals surface area contributed by atoms with Gasteiger partial charge in [0.2, 0.25) is 5.91 Å². The minimum absolute atomic E-state index is 0.252. The molecule has 1 amide bonds. The zero-order valence-corrected chi connectivity index (χ0v) is 12.7. The van der Waals surface area contributed by atoms with E-state index in [-0.39, 0.29) is 5.91 Å². The van der Waals surface area contributed by atoms with Crippen LogP contribution in [0.1, 0.15) is 24.3 Å². The smallest absolute Gasteiger partial charge is 0.236 e. The van der Waals surface area contributed by atoms with Crippen LogP contribution in [0.4, 0.5) is 0 Å². The fourth-order valence-electron chi connectivity index (χ4n) is 3.37. The molecule has 1 saturated heterocycles. The molecule has 1 saturated carbocycles. The number of amides is 1. The summed E-state index contributed by atoms with van der Waals surface area (Å²) in [6, 6.07) is 11.1. The van der Waals surface area contributed by atoms with Crippen LogP contribution in [0.15, 0.2) is 30.3 Å². The first-order valence-electron chi connectivity index (χ1n) is 7.92. The highest BCUT2D eigenvalue weighted by atomic mass is 16.2. The predicted molar refractivity (Wildman–Crippen MR) is 84.0 cm³/mol. The van der Waals surface area contributed by atoms with Gasteiger partial charge in [-0.25, -0.2) is 0 Å². The van der Waals surface area contributed by atoms with Gasteiger partial charge in [0.15, 0.2) is 0 Å². The number of carbonyl (C=O) groups excluding carboxylic acids is 1. The number of nitrogens with zero attached hydrogens (tertiary/aromatic N) is 2. The molecule has 2 fully saturated rings. The summed E-state index contributed by atoms with van der Waals surface area (Å²) in [5.41, 5.74) is 7.30. The van der Waals surface area contributed by atoms with Crippen LogP contribution in [0.3, 0.4) is 0 Å². The second-order valence-corrected chi connectivity index (χ2v) is 6.44. The molecule has 2 N–H and O–H groups in total. The molecule has 0 spiro atoms. The van der Waals surface area contributed by atoms with Crippen molar-refractivity contribution in [2.45, 2.75) is 24.8 Å². The van der Waals surface area contributed by atoms with Gasteiger partial charge < -0.3 is 10.6 Å². The van der Waals surface area contributed by atoms with E-state index in [9.17, 15) is 4.79 Å². The molecule has 0 bridgehead atoms. The summed E-state index contributed by atoms with van der Waals surface area (Å²) >= 11 is 0. The van der Waals surface area contributed by atoms with Crippen LogP contribution < -0.4 is 5.73 Å². The van der Waals surface area contributed by atoms with Gasteiger partial charge >= 0.3 is 0 Å². The van der Waals surface area contributed by atoms with Crippen molar-refractivity contribution in [2.75, 3.05) is 33.2 Å². The topological polar surface area (TPSA) is 49.6 Å². The summed E-state index contributed by atoms with van der Waals surface area (Å²) in [5.74, 6) is 1.16. The third-order valence-corrected chi connectivity index (χ3v) is 4.89. The zero-order valence-electron chi connectivity index (χ0n) is 12.7. The molecule has 1 aromatic carbocycles. The molecule has 2 atom stereocenters. The van der Waals surface area contributed by atoms with Crippen LogP contribution >= 0.6 is 0 Å². The molecule has 0 aromatic heterocycles. The Hall–Kier alpha value is -1.39. The SMILES string of the molecule is CN(C(=O)CN1C[C@@H](CN)[C@H](c2ccccc2)C1)C1CC1. The van der Waals surface area contributed by atoms with Gasteiger partial charge in [-0.05, 0) is 30.9 Å². The van der Waals surface area contributed by atoms with E-state index in [1.165, 1.54) is 18.4 Å². The Labute approximate surface area is 126 Å². The molecule has 2 aliphatic rings. The van der Waals surface area contributed by atoms with Gasteiger partial charge in [-0.1, -0.05) is 30.3 Å². The van der Waals surface area contributed by atoms with Crippen molar-refractivity contribution in [1.29, 1.82) is 0 Å². The fourth-order valence-corrected chi connectivity index (χ4v) is 3.37. The van der Waals surface area contributed by atoms with Gasteiger partial charge in [0.25, 0.3) is 0 Å². The Bertz CT molecular complexity index is 486. The molecule has 4 heteroatoms. The van der Waals surface area contributed by atoms with Gasteiger partial charge in [-0.2, -0.15) is 0 Å². The number of hydrogen-bond acceptors (Lipinski definition) is 3. The number of likely N-dealkylation sites (N-methyl/N-ethyl adjacent to an activating group) is 1. The summed E-state index contributed by atoms with van der Waals surface area (Å²) in [6.45, 7) is 3.09. The number of likely N-dealkylation sites (tertiary alicyclic amines) is 1. The Balaban J connectivity index is 1.62. The molecule has 1 aromatic rings. The summed E-state index contributed by atoms with van der Waals surface area (Å²) in [4.78, 5) is 16.5. The minimum atomic E-state index is 0.252. The van der Waals surface area contributed by atoms with E-state index in [4.69, 9.17) is 5.73 Å². The first-order valence-corrected chi connectivity index (χ1v) is 7.92. The normalized spacial score (nSPS) is 26.0. The average Bonchev–Trinajstić information content (AvgIpc) is 3.28. The number of carbonyl (C=O) groups is 1. The molecule has 21 heavy (non-hydrogen) atoms. The summed E-state index contributed by atoms with van der Waals surface area (Å²) in [7, 11) is 1.94. The largest absolute Gasteiger partial charge is 0.342 e. The lowest BCUT2D eigenvalue weighted by Crippen LogP contribution is -2.38. The Morgan fingerprint density at radius 1 is 1.29 bits per heavy atom. The van der Waals surface area contributed by atoms with E-state index in [1.807, 2.05) is 18.0 Å². The van der Waals surface area contributed by atoms with Crippen molar-refractivity contribution in [1.82, 2.24) is 9.80 Å². The van der Waals surface area contributed by atoms with Gasteiger partial charge in [-0.3, -0.25) is 9.69 Å². The van der Waals surface area contributed by atoms with E-state index < -0.39 is 0 Å². The van der Waals surface area contributed by atoms with E-state index >= 15 is 0 Å². The van der Waals surface area contributed by atoms with Gasteiger partial charge in [-0.15, -0.1) is 0 Å². The second-order valence-electron chi connectivity index (χ2n) is 6.44. The molecular weight excluding hydrogens is 262 g/mol. The first-order chi connectivity index (χ1) is 10.2. The summed E-state index contributed by atoms with van der Waals surface area (Å²) in [5, 5.41) is 0. The predicted octanol–water partition coefficient (Wildman–Crippen LogP) is 1.28. The van der Waals surface area contributed by atoms with Crippen molar-refractivity contribution in [2.24, 2.45) is 11.7 Å². The number of benzene rings is 1. The van der Waals surface area contributed by atoms with Crippen molar-refractivity contribution in [3.8, 4) is 0 Å². The molecule has 0 unspecified atom stereocenters. The highest BCUT2D eigenvalue weighted by Gasteiger charge is 2.35. The Morgan fingerprint density at radius 2 is 2.00 bits per heavy atom. The van der Waals surface area contributed by atoms with E-state index in [1.54, 1.807) is 0 Å². The van der Waals surface area contributed by atoms with Crippen molar-refractivity contribution >= 4 is 5.91 Å². The Morgan fingerprint density at radius 3 is 2.62 bits per heavy atom. The van der Waals surface area contributed by atoms with E-state index in [2.05, 4.69) is 29.2 Å². The zero-order chi connectivity index (χ0) is 14.8. The fraction of sp³-hybridized carbons (Fsp3) is 0.588. The minimum Gasteiger partial charge on any atom is -0.342 e. The van der Waals surface area contributed by atoms with Crippen LogP contribution in [-0.2, 0) is 4.79 Å². The van der Waals surface area contributed by atoms with Gasteiger partial charge in [0, 0.05) is 32.1 Å². The molecule has 114 valence electrons. The van der Waals surface area contributed by atoms with Crippen molar-refractivity contribution < 1.29 is 4.79 Å². The third-order valence-electron chi connectivity index (χ3n) is 4.89. The standard InChI is InChI=1S/C17H25N3O/c1-19(15-7-8-15)17(21)12-20-10-14(9-18)16(11-20)13-5-3-2-4-6-13/h2-6,14-16H,7-12,18H2,1H3/t14-,16+/m1/s1. The van der Waals surface area contributed by atoms with Crippen LogP contribution in [0, 0.1) is 5.92 Å². The monoisotopic (exact) mass is 287 g/mol. The van der Waals surface area contributed by atoms with E-state index in [0.717, 1.165) is 13.1 Å². The van der Waals surface area contributed by atoms with Gasteiger partial charge in [0.1, 0.15) is 0 Å². The third kappa shape index (κ3) is 3.27. The Kier molecular flexibility index (Phi) is 4.27. The highest BCUT2D eigenvalue weighted by molar-refractivity contribution is 5.78. The number of rotatable bonds is 5. The van der Waals surface area contributed by atoms with E-state index in [0.29, 0.717) is 31.0 Å².